The number of fused-ring (bicyclic) bond motifs is 1. The molecule has 1 heterocycles. The molecule has 4 nitrogen and oxygen atoms in total. The monoisotopic (exact) mass is 309 g/mol. The van der Waals surface area contributed by atoms with Crippen molar-refractivity contribution in [2.24, 2.45) is 0 Å². The Labute approximate surface area is 125 Å². The van der Waals surface area contributed by atoms with E-state index in [1.165, 1.54) is 6.07 Å². The number of nitrogens with zero attached hydrogens (tertiary/aromatic N) is 2. The molecule has 22 heavy (non-hydrogen) atoms. The zero-order valence-corrected chi connectivity index (χ0v) is 11.8. The summed E-state index contributed by atoms with van der Waals surface area (Å²) in [4.78, 5) is 0. The fourth-order valence-corrected chi connectivity index (χ4v) is 2.70. The van der Waals surface area contributed by atoms with Gasteiger partial charge in [-0.05, 0) is 42.2 Å². The Morgan fingerprint density at radius 2 is 2.00 bits per heavy atom. The predicted molar refractivity (Wildman–Crippen MR) is 74.7 cm³/mol. The second kappa shape index (κ2) is 5.47. The van der Waals surface area contributed by atoms with Gasteiger partial charge in [-0.15, -0.1) is 10.2 Å². The van der Waals surface area contributed by atoms with Crippen molar-refractivity contribution in [1.29, 1.82) is 0 Å². The van der Waals surface area contributed by atoms with Gasteiger partial charge in [0.15, 0.2) is 5.69 Å². The van der Waals surface area contributed by atoms with E-state index < -0.39 is 11.9 Å². The summed E-state index contributed by atoms with van der Waals surface area (Å²) >= 11 is 0. The fraction of sp³-hybridized carbons (Fsp3) is 0.333. The van der Waals surface area contributed by atoms with Crippen LogP contribution >= 0.6 is 0 Å². The van der Waals surface area contributed by atoms with Crippen molar-refractivity contribution in [3.8, 4) is 5.75 Å². The van der Waals surface area contributed by atoms with Gasteiger partial charge >= 0.3 is 6.18 Å². The first-order valence-electron chi connectivity index (χ1n) is 6.82. The van der Waals surface area contributed by atoms with Crippen LogP contribution < -0.4 is 10.1 Å². The molecule has 1 unspecified atom stereocenters. The molecule has 1 aliphatic carbocycles. The third kappa shape index (κ3) is 2.70. The number of methoxy groups -OCH3 is 1. The number of aromatic nitrogens is 2. The first-order chi connectivity index (χ1) is 10.5. The quantitative estimate of drug-likeness (QED) is 0.941. The average Bonchev–Trinajstić information content (AvgIpc) is 2.90. The minimum Gasteiger partial charge on any atom is -0.496 e. The van der Waals surface area contributed by atoms with Crippen molar-refractivity contribution in [2.75, 3.05) is 12.4 Å². The molecule has 0 fully saturated rings. The highest BCUT2D eigenvalue weighted by Crippen LogP contribution is 2.38. The minimum atomic E-state index is -4.47. The predicted octanol–water partition coefficient (Wildman–Crippen LogP) is 3.60. The van der Waals surface area contributed by atoms with Crippen LogP contribution in [0.4, 0.5) is 19.0 Å². The zero-order chi connectivity index (χ0) is 15.7. The van der Waals surface area contributed by atoms with E-state index in [-0.39, 0.29) is 6.04 Å². The highest BCUT2D eigenvalue weighted by Gasteiger charge is 2.33. The molecule has 3 rings (SSSR count). The smallest absolute Gasteiger partial charge is 0.435 e. The minimum absolute atomic E-state index is 0.00358. The van der Waals surface area contributed by atoms with Crippen LogP contribution in [-0.2, 0) is 12.6 Å². The molecule has 1 aromatic carbocycles. The normalized spacial score (nSPS) is 17.2. The van der Waals surface area contributed by atoms with Gasteiger partial charge in [-0.1, -0.05) is 12.1 Å². The number of hydrogen-bond donors (Lipinski definition) is 1. The van der Waals surface area contributed by atoms with Gasteiger partial charge < -0.3 is 10.1 Å². The number of hydrogen-bond acceptors (Lipinski definition) is 4. The molecule has 0 aliphatic heterocycles. The molecule has 0 spiro atoms. The number of anilines is 1. The summed E-state index contributed by atoms with van der Waals surface area (Å²) in [6, 6.07) is 8.01. The molecule has 0 radical (unpaired) electrons. The Hall–Kier alpha value is -2.31. The van der Waals surface area contributed by atoms with Crippen molar-refractivity contribution in [2.45, 2.75) is 25.1 Å². The molecular formula is C15H14F3N3O. The summed E-state index contributed by atoms with van der Waals surface area (Å²) in [5.74, 6) is 1.16. The second-order valence-electron chi connectivity index (χ2n) is 5.07. The van der Waals surface area contributed by atoms with E-state index in [0.29, 0.717) is 5.82 Å². The van der Waals surface area contributed by atoms with E-state index in [4.69, 9.17) is 4.74 Å². The SMILES string of the molecule is COc1cccc2c1CCC2Nc1ccc(C(F)(F)F)nn1. The summed E-state index contributed by atoms with van der Waals surface area (Å²) in [5, 5.41) is 9.96. The van der Waals surface area contributed by atoms with Crippen LogP contribution in [0.3, 0.4) is 0 Å². The second-order valence-corrected chi connectivity index (χ2v) is 5.07. The van der Waals surface area contributed by atoms with Crippen molar-refractivity contribution < 1.29 is 17.9 Å². The molecule has 0 saturated carbocycles. The first-order valence-corrected chi connectivity index (χ1v) is 6.82. The number of ether oxygens (including phenoxy) is 1. The Morgan fingerprint density at radius 1 is 1.18 bits per heavy atom. The largest absolute Gasteiger partial charge is 0.496 e. The number of halogens is 3. The first kappa shape index (κ1) is 14.6. The third-order valence-electron chi connectivity index (χ3n) is 3.72. The van der Waals surface area contributed by atoms with E-state index in [9.17, 15) is 13.2 Å². The van der Waals surface area contributed by atoms with Crippen LogP contribution in [0.1, 0.15) is 29.3 Å². The van der Waals surface area contributed by atoms with Crippen LogP contribution in [0.25, 0.3) is 0 Å². The molecular weight excluding hydrogens is 295 g/mol. The van der Waals surface area contributed by atoms with Gasteiger partial charge in [-0.25, -0.2) is 0 Å². The third-order valence-corrected chi connectivity index (χ3v) is 3.72. The number of benzene rings is 1. The Balaban J connectivity index is 1.79. The van der Waals surface area contributed by atoms with Crippen LogP contribution in [0.15, 0.2) is 30.3 Å². The van der Waals surface area contributed by atoms with Crippen molar-refractivity contribution >= 4 is 5.82 Å². The van der Waals surface area contributed by atoms with E-state index >= 15 is 0 Å². The van der Waals surface area contributed by atoms with Crippen LogP contribution in [0.5, 0.6) is 5.75 Å². The number of nitrogens with one attached hydrogen (secondary N) is 1. The number of alkyl halides is 3. The van der Waals surface area contributed by atoms with Crippen LogP contribution in [0, 0.1) is 0 Å². The summed E-state index contributed by atoms with van der Waals surface area (Å²) in [6.45, 7) is 0. The lowest BCUT2D eigenvalue weighted by Crippen LogP contribution is -2.12. The molecule has 0 saturated heterocycles. The van der Waals surface area contributed by atoms with E-state index in [2.05, 4.69) is 15.5 Å². The van der Waals surface area contributed by atoms with Gasteiger partial charge in [-0.2, -0.15) is 13.2 Å². The van der Waals surface area contributed by atoms with E-state index in [0.717, 1.165) is 35.8 Å². The molecule has 1 atom stereocenters. The summed E-state index contributed by atoms with van der Waals surface area (Å²) in [7, 11) is 1.62. The maximum absolute atomic E-state index is 12.5. The maximum Gasteiger partial charge on any atom is 0.435 e. The lowest BCUT2D eigenvalue weighted by Gasteiger charge is -2.15. The lowest BCUT2D eigenvalue weighted by molar-refractivity contribution is -0.141. The lowest BCUT2D eigenvalue weighted by atomic mass is 10.1. The van der Waals surface area contributed by atoms with Gasteiger partial charge in [0, 0.05) is 0 Å². The van der Waals surface area contributed by atoms with Gasteiger partial charge in [0.05, 0.1) is 13.2 Å². The summed E-state index contributed by atoms with van der Waals surface area (Å²) in [6.07, 6.45) is -2.79. The molecule has 1 aromatic heterocycles. The molecule has 1 N–H and O–H groups in total. The molecule has 2 aromatic rings. The van der Waals surface area contributed by atoms with Crippen LogP contribution in [0.2, 0.25) is 0 Å². The molecule has 0 amide bonds. The molecule has 116 valence electrons. The molecule has 0 bridgehead atoms. The Bertz CT molecular complexity index is 671. The highest BCUT2D eigenvalue weighted by molar-refractivity contribution is 5.49. The van der Waals surface area contributed by atoms with Gasteiger partial charge in [0.25, 0.3) is 0 Å². The van der Waals surface area contributed by atoms with E-state index in [1.807, 2.05) is 18.2 Å². The van der Waals surface area contributed by atoms with Crippen LogP contribution in [-0.4, -0.2) is 17.3 Å². The van der Waals surface area contributed by atoms with Gasteiger partial charge in [-0.3, -0.25) is 0 Å². The molecule has 1 aliphatic rings. The van der Waals surface area contributed by atoms with Crippen molar-refractivity contribution in [1.82, 2.24) is 10.2 Å². The fourth-order valence-electron chi connectivity index (χ4n) is 2.70. The summed E-state index contributed by atoms with van der Waals surface area (Å²) < 4.78 is 42.7. The Kier molecular flexibility index (Phi) is 3.64. The van der Waals surface area contributed by atoms with E-state index in [1.54, 1.807) is 7.11 Å². The van der Waals surface area contributed by atoms with Crippen molar-refractivity contribution in [3.05, 3.63) is 47.2 Å². The zero-order valence-electron chi connectivity index (χ0n) is 11.8. The highest BCUT2D eigenvalue weighted by atomic mass is 19.4. The molecule has 7 heteroatoms. The maximum atomic E-state index is 12.5. The standard InChI is InChI=1S/C15H14F3N3O/c1-22-12-4-2-3-9-10(12)5-6-11(9)19-14-8-7-13(20-21-14)15(16,17)18/h2-4,7-8,11H,5-6H2,1H3,(H,19,21). The average molecular weight is 309 g/mol. The van der Waals surface area contributed by atoms with Crippen molar-refractivity contribution in [3.63, 3.8) is 0 Å². The summed E-state index contributed by atoms with van der Waals surface area (Å²) in [5.41, 5.74) is 1.22. The van der Waals surface area contributed by atoms with Gasteiger partial charge in [0.2, 0.25) is 0 Å². The topological polar surface area (TPSA) is 47.0 Å². The Morgan fingerprint density at radius 3 is 2.64 bits per heavy atom. The number of rotatable bonds is 3. The van der Waals surface area contributed by atoms with Gasteiger partial charge in [0.1, 0.15) is 11.6 Å².